The summed E-state index contributed by atoms with van der Waals surface area (Å²) < 4.78 is 18.4. The van der Waals surface area contributed by atoms with Crippen LogP contribution in [0.3, 0.4) is 0 Å². The number of halogens is 2. The van der Waals surface area contributed by atoms with E-state index in [9.17, 15) is 0 Å². The van der Waals surface area contributed by atoms with Crippen LogP contribution >= 0.6 is 27.5 Å². The fourth-order valence-corrected chi connectivity index (χ4v) is 4.60. The van der Waals surface area contributed by atoms with E-state index >= 15 is 0 Å². The monoisotopic (exact) mass is 482 g/mol. The van der Waals surface area contributed by atoms with Gasteiger partial charge in [-0.3, -0.25) is 0 Å². The van der Waals surface area contributed by atoms with E-state index in [4.69, 9.17) is 30.9 Å². The Kier molecular flexibility index (Phi) is 4.18. The van der Waals surface area contributed by atoms with Gasteiger partial charge < -0.3 is 14.2 Å². The Bertz CT molecular complexity index is 1180. The Morgan fingerprint density at radius 2 is 1.73 bits per heavy atom. The molecule has 2 atom stereocenters. The van der Waals surface area contributed by atoms with Gasteiger partial charge in [-0.05, 0) is 48.5 Å². The van der Waals surface area contributed by atoms with Gasteiger partial charge in [0.1, 0.15) is 5.75 Å². The molecule has 0 unspecified atom stereocenters. The van der Waals surface area contributed by atoms with Gasteiger partial charge in [-0.15, -0.1) is 0 Å². The maximum absolute atomic E-state index is 6.39. The van der Waals surface area contributed by atoms with E-state index in [-0.39, 0.29) is 19.1 Å². The highest BCUT2D eigenvalue weighted by Crippen LogP contribution is 2.48. The zero-order valence-corrected chi connectivity index (χ0v) is 18.1. The first-order valence-electron chi connectivity index (χ1n) is 9.63. The van der Waals surface area contributed by atoms with Crippen molar-refractivity contribution in [2.45, 2.75) is 18.7 Å². The minimum absolute atomic E-state index is 0.0431. The molecule has 0 saturated carbocycles. The average Bonchev–Trinajstić information content (AvgIpc) is 3.41. The Labute approximate surface area is 186 Å². The van der Waals surface area contributed by atoms with Gasteiger partial charge in [0.25, 0.3) is 0 Å². The van der Waals surface area contributed by atoms with Crippen molar-refractivity contribution in [3.63, 3.8) is 0 Å². The zero-order chi connectivity index (χ0) is 20.2. The summed E-state index contributed by atoms with van der Waals surface area (Å²) in [7, 11) is 0. The molecule has 3 aliphatic heterocycles. The third-order valence-electron chi connectivity index (χ3n) is 5.61. The standard InChI is InChI=1S/C23H16BrClN2O3/c24-15-4-1-13(2-5-15)23-27-19(17-10-16(25)6-8-20(17)30-23)11-18(26-27)14-3-7-21-22(9-14)29-12-28-21/h1-10,19,23H,11-12H2/t19-,23-/m1/s1. The Balaban J connectivity index is 1.43. The number of rotatable bonds is 2. The SMILES string of the molecule is Clc1ccc2c(c1)[C@H]1CC(c3ccc4c(c3)OCO4)=NN1[C@@H](c1ccc(Br)cc1)O2. The van der Waals surface area contributed by atoms with Crippen molar-refractivity contribution in [3.05, 3.63) is 86.8 Å². The number of ether oxygens (including phenoxy) is 3. The maximum Gasteiger partial charge on any atom is 0.231 e. The number of fused-ring (bicyclic) bond motifs is 4. The molecule has 0 radical (unpaired) electrons. The van der Waals surface area contributed by atoms with E-state index in [2.05, 4.69) is 28.1 Å². The van der Waals surface area contributed by atoms with Gasteiger partial charge in [0, 0.05) is 32.6 Å². The number of benzene rings is 3. The second kappa shape index (κ2) is 6.93. The van der Waals surface area contributed by atoms with Crippen LogP contribution in [0.1, 0.15) is 35.4 Å². The molecule has 7 heteroatoms. The number of hydrogen-bond donors (Lipinski definition) is 0. The zero-order valence-electron chi connectivity index (χ0n) is 15.7. The van der Waals surface area contributed by atoms with Gasteiger partial charge >= 0.3 is 0 Å². The number of nitrogens with zero attached hydrogens (tertiary/aromatic N) is 2. The lowest BCUT2D eigenvalue weighted by molar-refractivity contribution is -0.0190. The normalized spacial score (nSPS) is 21.0. The maximum atomic E-state index is 6.39. The highest BCUT2D eigenvalue weighted by Gasteiger charge is 2.41. The molecule has 3 aromatic carbocycles. The minimum Gasteiger partial charge on any atom is -0.464 e. The summed E-state index contributed by atoms with van der Waals surface area (Å²) in [6.07, 6.45) is 0.437. The lowest BCUT2D eigenvalue weighted by atomic mass is 9.95. The molecule has 3 aliphatic rings. The smallest absolute Gasteiger partial charge is 0.231 e. The molecule has 3 heterocycles. The van der Waals surface area contributed by atoms with E-state index in [1.165, 1.54) is 0 Å². The van der Waals surface area contributed by atoms with Crippen molar-refractivity contribution in [1.82, 2.24) is 5.01 Å². The van der Waals surface area contributed by atoms with Gasteiger partial charge in [-0.2, -0.15) is 5.10 Å². The summed E-state index contributed by atoms with van der Waals surface area (Å²) in [6.45, 7) is 0.255. The molecule has 0 fully saturated rings. The van der Waals surface area contributed by atoms with Crippen LogP contribution in [0, 0.1) is 0 Å². The van der Waals surface area contributed by atoms with Crippen LogP contribution in [0.25, 0.3) is 0 Å². The van der Waals surface area contributed by atoms with E-state index in [1.807, 2.05) is 53.5 Å². The molecule has 150 valence electrons. The van der Waals surface area contributed by atoms with Crippen LogP contribution < -0.4 is 14.2 Å². The Morgan fingerprint density at radius 3 is 2.60 bits per heavy atom. The van der Waals surface area contributed by atoms with Crippen molar-refractivity contribution >= 4 is 33.2 Å². The molecule has 0 N–H and O–H groups in total. The fraction of sp³-hybridized carbons (Fsp3) is 0.174. The third-order valence-corrected chi connectivity index (χ3v) is 6.38. The van der Waals surface area contributed by atoms with Crippen LogP contribution in [0.15, 0.2) is 70.2 Å². The predicted octanol–water partition coefficient (Wildman–Crippen LogP) is 6.07. The summed E-state index contributed by atoms with van der Waals surface area (Å²) in [5, 5.41) is 7.72. The van der Waals surface area contributed by atoms with E-state index in [0.717, 1.165) is 50.5 Å². The van der Waals surface area contributed by atoms with Crippen molar-refractivity contribution in [2.24, 2.45) is 5.10 Å². The van der Waals surface area contributed by atoms with Crippen molar-refractivity contribution < 1.29 is 14.2 Å². The Morgan fingerprint density at radius 1 is 0.933 bits per heavy atom. The topological polar surface area (TPSA) is 43.3 Å². The summed E-state index contributed by atoms with van der Waals surface area (Å²) in [5.74, 6) is 2.36. The molecule has 0 aromatic heterocycles. The summed E-state index contributed by atoms with van der Waals surface area (Å²) in [4.78, 5) is 0. The van der Waals surface area contributed by atoms with Crippen molar-refractivity contribution in [1.29, 1.82) is 0 Å². The van der Waals surface area contributed by atoms with Crippen LogP contribution in [0.5, 0.6) is 17.2 Å². The van der Waals surface area contributed by atoms with Gasteiger partial charge in [-0.25, -0.2) is 5.01 Å². The lowest BCUT2D eigenvalue weighted by Gasteiger charge is -2.38. The van der Waals surface area contributed by atoms with Crippen LogP contribution in [-0.2, 0) is 0 Å². The van der Waals surface area contributed by atoms with E-state index in [1.54, 1.807) is 0 Å². The first-order valence-corrected chi connectivity index (χ1v) is 10.8. The van der Waals surface area contributed by atoms with Gasteiger partial charge in [-0.1, -0.05) is 39.7 Å². The van der Waals surface area contributed by atoms with Crippen molar-refractivity contribution in [3.8, 4) is 17.2 Å². The molecular formula is C23H16BrClN2O3. The summed E-state index contributed by atoms with van der Waals surface area (Å²) in [6, 6.07) is 19.9. The van der Waals surface area contributed by atoms with Crippen LogP contribution in [0.4, 0.5) is 0 Å². The molecule has 0 amide bonds. The van der Waals surface area contributed by atoms with E-state index < -0.39 is 0 Å². The number of hydrogen-bond acceptors (Lipinski definition) is 5. The van der Waals surface area contributed by atoms with Gasteiger partial charge in [0.05, 0.1) is 11.8 Å². The van der Waals surface area contributed by atoms with Crippen molar-refractivity contribution in [2.75, 3.05) is 6.79 Å². The fourth-order valence-electron chi connectivity index (χ4n) is 4.16. The first-order chi connectivity index (χ1) is 14.7. The molecule has 6 rings (SSSR count). The van der Waals surface area contributed by atoms with Crippen LogP contribution in [0.2, 0.25) is 5.02 Å². The van der Waals surface area contributed by atoms with E-state index in [0.29, 0.717) is 5.02 Å². The highest BCUT2D eigenvalue weighted by molar-refractivity contribution is 9.10. The highest BCUT2D eigenvalue weighted by atomic mass is 79.9. The Hall–Kier alpha value is -2.70. The molecular weight excluding hydrogens is 468 g/mol. The summed E-state index contributed by atoms with van der Waals surface area (Å²) in [5.41, 5.74) is 4.10. The number of hydrazone groups is 1. The molecule has 5 nitrogen and oxygen atoms in total. The van der Waals surface area contributed by atoms with Gasteiger partial charge in [0.2, 0.25) is 13.0 Å². The molecule has 0 saturated heterocycles. The quantitative estimate of drug-likeness (QED) is 0.443. The largest absolute Gasteiger partial charge is 0.464 e. The predicted molar refractivity (Wildman–Crippen MR) is 117 cm³/mol. The minimum atomic E-state index is -0.316. The molecule has 0 spiro atoms. The molecule has 0 aliphatic carbocycles. The molecule has 0 bridgehead atoms. The average molecular weight is 484 g/mol. The molecule has 3 aromatic rings. The van der Waals surface area contributed by atoms with Gasteiger partial charge in [0.15, 0.2) is 11.5 Å². The first kappa shape index (κ1) is 18.1. The van der Waals surface area contributed by atoms with Crippen LogP contribution in [-0.4, -0.2) is 17.5 Å². The second-order valence-electron chi connectivity index (χ2n) is 7.42. The summed E-state index contributed by atoms with van der Waals surface area (Å²) >= 11 is 9.81. The lowest BCUT2D eigenvalue weighted by Crippen LogP contribution is -2.33. The second-order valence-corrected chi connectivity index (χ2v) is 8.77. The third kappa shape index (κ3) is 2.94. The molecule has 30 heavy (non-hydrogen) atoms.